The molecule has 2 aliphatic heterocycles. The number of hydrogen-bond donors (Lipinski definition) is 0. The lowest BCUT2D eigenvalue weighted by atomic mass is 10.1. The van der Waals surface area contributed by atoms with E-state index < -0.39 is 11.6 Å². The highest BCUT2D eigenvalue weighted by Gasteiger charge is 2.28. The number of anilines is 1. The van der Waals surface area contributed by atoms with Crippen molar-refractivity contribution in [2.45, 2.75) is 38.3 Å². The van der Waals surface area contributed by atoms with Crippen LogP contribution in [-0.4, -0.2) is 53.6 Å². The lowest BCUT2D eigenvalue weighted by Gasteiger charge is -2.32. The molecule has 1 fully saturated rings. The minimum absolute atomic E-state index is 0.0565. The Hall–Kier alpha value is -2.32. The molecule has 0 atom stereocenters. The fraction of sp³-hybridized carbons (Fsp3) is 0.476. The number of carbonyl (C=O) groups is 1. The van der Waals surface area contributed by atoms with Crippen LogP contribution in [0.15, 0.2) is 18.3 Å². The minimum Gasteiger partial charge on any atom is -0.381 e. The number of aromatic nitrogens is 2. The third-order valence-electron chi connectivity index (χ3n) is 5.74. The zero-order valence-corrected chi connectivity index (χ0v) is 17.5. The van der Waals surface area contributed by atoms with Gasteiger partial charge in [-0.05, 0) is 37.8 Å². The molecule has 2 aliphatic rings. The SMILES string of the molecule is COC1CCN(C(=O)c2cnc3c(n2)N(Cc2c(F)ccc(F)c2Cl)CCC3)CC1. The van der Waals surface area contributed by atoms with Gasteiger partial charge >= 0.3 is 0 Å². The minimum atomic E-state index is -0.667. The number of fused-ring (bicyclic) bond motifs is 1. The summed E-state index contributed by atoms with van der Waals surface area (Å²) in [6.45, 7) is 1.85. The Morgan fingerprint density at radius 3 is 2.70 bits per heavy atom. The van der Waals surface area contributed by atoms with Crippen LogP contribution < -0.4 is 4.90 Å². The Bertz CT molecular complexity index is 951. The van der Waals surface area contributed by atoms with E-state index in [1.807, 2.05) is 4.90 Å². The van der Waals surface area contributed by atoms with Gasteiger partial charge in [0.15, 0.2) is 5.82 Å². The molecular weight excluding hydrogens is 414 g/mol. The van der Waals surface area contributed by atoms with Gasteiger partial charge in [-0.1, -0.05) is 11.6 Å². The largest absolute Gasteiger partial charge is 0.381 e. The van der Waals surface area contributed by atoms with E-state index in [1.54, 1.807) is 12.0 Å². The van der Waals surface area contributed by atoms with Crippen LogP contribution >= 0.6 is 11.6 Å². The van der Waals surface area contributed by atoms with E-state index in [0.29, 0.717) is 31.9 Å². The molecule has 0 aliphatic carbocycles. The van der Waals surface area contributed by atoms with Crippen LogP contribution in [0, 0.1) is 11.6 Å². The predicted molar refractivity (Wildman–Crippen MR) is 109 cm³/mol. The maximum Gasteiger partial charge on any atom is 0.274 e. The maximum absolute atomic E-state index is 14.3. The number of piperidine rings is 1. The summed E-state index contributed by atoms with van der Waals surface area (Å²) in [7, 11) is 1.68. The van der Waals surface area contributed by atoms with Gasteiger partial charge in [-0.15, -0.1) is 0 Å². The fourth-order valence-electron chi connectivity index (χ4n) is 4.00. The number of hydrogen-bond acceptors (Lipinski definition) is 5. The van der Waals surface area contributed by atoms with E-state index in [-0.39, 0.29) is 34.8 Å². The summed E-state index contributed by atoms with van der Waals surface area (Å²) in [6.07, 6.45) is 4.75. The summed E-state index contributed by atoms with van der Waals surface area (Å²) in [4.78, 5) is 25.5. The molecule has 0 bridgehead atoms. The van der Waals surface area contributed by atoms with Crippen molar-refractivity contribution < 1.29 is 18.3 Å². The van der Waals surface area contributed by atoms with Gasteiger partial charge in [0.2, 0.25) is 0 Å². The monoisotopic (exact) mass is 436 g/mol. The topological polar surface area (TPSA) is 58.6 Å². The number of nitrogens with zero attached hydrogens (tertiary/aromatic N) is 4. The molecular formula is C21H23ClF2N4O2. The Labute approximate surface area is 178 Å². The van der Waals surface area contributed by atoms with Crippen LogP contribution in [-0.2, 0) is 17.7 Å². The number of ether oxygens (including phenoxy) is 1. The number of benzene rings is 1. The summed E-state index contributed by atoms with van der Waals surface area (Å²) < 4.78 is 33.5. The van der Waals surface area contributed by atoms with E-state index in [4.69, 9.17) is 16.3 Å². The molecule has 1 aromatic carbocycles. The first-order chi connectivity index (χ1) is 14.5. The van der Waals surface area contributed by atoms with Gasteiger partial charge in [-0.2, -0.15) is 0 Å². The first-order valence-electron chi connectivity index (χ1n) is 10.0. The molecule has 0 radical (unpaired) electrons. The smallest absolute Gasteiger partial charge is 0.274 e. The van der Waals surface area contributed by atoms with Crippen molar-refractivity contribution in [2.24, 2.45) is 0 Å². The number of methoxy groups -OCH3 is 1. The second-order valence-corrected chi connectivity index (χ2v) is 7.98. The molecule has 0 saturated carbocycles. The van der Waals surface area contributed by atoms with Crippen LogP contribution in [0.1, 0.15) is 41.0 Å². The molecule has 160 valence electrons. The second kappa shape index (κ2) is 8.81. The fourth-order valence-corrected chi connectivity index (χ4v) is 4.21. The highest BCUT2D eigenvalue weighted by atomic mass is 35.5. The average molecular weight is 437 g/mol. The van der Waals surface area contributed by atoms with Crippen molar-refractivity contribution in [3.05, 3.63) is 51.9 Å². The number of likely N-dealkylation sites (tertiary alicyclic amines) is 1. The van der Waals surface area contributed by atoms with Gasteiger partial charge < -0.3 is 14.5 Å². The van der Waals surface area contributed by atoms with Crippen LogP contribution in [0.25, 0.3) is 0 Å². The summed E-state index contributed by atoms with van der Waals surface area (Å²) in [5.74, 6) is -0.895. The van der Waals surface area contributed by atoms with Crippen LogP contribution in [0.3, 0.4) is 0 Å². The molecule has 4 rings (SSSR count). The zero-order chi connectivity index (χ0) is 21.3. The van der Waals surface area contributed by atoms with Crippen molar-refractivity contribution in [2.75, 3.05) is 31.6 Å². The Morgan fingerprint density at radius 2 is 1.97 bits per heavy atom. The van der Waals surface area contributed by atoms with Gasteiger partial charge in [0.05, 0.1) is 23.0 Å². The molecule has 1 aromatic heterocycles. The third kappa shape index (κ3) is 4.11. The number of amides is 1. The van der Waals surface area contributed by atoms with Crippen molar-refractivity contribution in [3.63, 3.8) is 0 Å². The number of aryl methyl sites for hydroxylation is 1. The Kier molecular flexibility index (Phi) is 6.15. The lowest BCUT2D eigenvalue weighted by molar-refractivity contribution is 0.0347. The Balaban J connectivity index is 1.58. The molecule has 9 heteroatoms. The number of halogens is 3. The van der Waals surface area contributed by atoms with Gasteiger partial charge in [0.25, 0.3) is 5.91 Å². The molecule has 0 unspecified atom stereocenters. The zero-order valence-electron chi connectivity index (χ0n) is 16.7. The molecule has 0 N–H and O–H groups in total. The summed E-state index contributed by atoms with van der Waals surface area (Å²) >= 11 is 6.00. The van der Waals surface area contributed by atoms with Crippen molar-refractivity contribution in [1.29, 1.82) is 0 Å². The highest BCUT2D eigenvalue weighted by molar-refractivity contribution is 6.31. The van der Waals surface area contributed by atoms with Crippen molar-refractivity contribution in [1.82, 2.24) is 14.9 Å². The summed E-state index contributed by atoms with van der Waals surface area (Å²) in [6, 6.07) is 2.07. The van der Waals surface area contributed by atoms with E-state index >= 15 is 0 Å². The second-order valence-electron chi connectivity index (χ2n) is 7.60. The van der Waals surface area contributed by atoms with E-state index in [1.165, 1.54) is 6.20 Å². The maximum atomic E-state index is 14.3. The van der Waals surface area contributed by atoms with E-state index in [0.717, 1.165) is 37.1 Å². The van der Waals surface area contributed by atoms with Crippen LogP contribution in [0.5, 0.6) is 0 Å². The third-order valence-corrected chi connectivity index (χ3v) is 6.15. The highest BCUT2D eigenvalue weighted by Crippen LogP contribution is 2.30. The van der Waals surface area contributed by atoms with E-state index in [2.05, 4.69) is 9.97 Å². The van der Waals surface area contributed by atoms with Crippen molar-refractivity contribution in [3.8, 4) is 0 Å². The molecule has 6 nitrogen and oxygen atoms in total. The molecule has 0 spiro atoms. The first kappa shape index (κ1) is 20.9. The first-order valence-corrected chi connectivity index (χ1v) is 10.4. The Morgan fingerprint density at radius 1 is 1.23 bits per heavy atom. The standard InChI is InChI=1S/C21H23ClF2N4O2/c1-30-13-6-9-27(10-7-13)21(29)18-11-25-17-3-2-8-28(20(17)26-18)12-14-15(23)4-5-16(24)19(14)22/h4-5,11,13H,2-3,6-10,12H2,1H3. The van der Waals surface area contributed by atoms with Gasteiger partial charge in [-0.3, -0.25) is 9.78 Å². The average Bonchev–Trinajstić information content (AvgIpc) is 2.78. The summed E-state index contributed by atoms with van der Waals surface area (Å²) in [5.41, 5.74) is 1.07. The molecule has 1 amide bonds. The quantitative estimate of drug-likeness (QED) is 0.685. The number of carbonyl (C=O) groups excluding carboxylic acids is 1. The van der Waals surface area contributed by atoms with Crippen molar-refractivity contribution >= 4 is 23.3 Å². The molecule has 30 heavy (non-hydrogen) atoms. The molecule has 2 aromatic rings. The number of rotatable bonds is 4. The normalized spacial score (nSPS) is 17.2. The molecule has 1 saturated heterocycles. The summed E-state index contributed by atoms with van der Waals surface area (Å²) in [5, 5.41) is -0.233. The van der Waals surface area contributed by atoms with Crippen LogP contribution in [0.2, 0.25) is 5.02 Å². The van der Waals surface area contributed by atoms with E-state index in [9.17, 15) is 13.6 Å². The van der Waals surface area contributed by atoms with Gasteiger partial charge in [0.1, 0.15) is 17.3 Å². The van der Waals surface area contributed by atoms with Gasteiger partial charge in [0, 0.05) is 38.9 Å². The predicted octanol–water partition coefficient (Wildman–Crippen LogP) is 3.61. The van der Waals surface area contributed by atoms with Gasteiger partial charge in [-0.25, -0.2) is 13.8 Å². The van der Waals surface area contributed by atoms with Crippen LogP contribution in [0.4, 0.5) is 14.6 Å². The lowest BCUT2D eigenvalue weighted by Crippen LogP contribution is -2.41. The molecule has 3 heterocycles.